The molecule has 128 valence electrons. The summed E-state index contributed by atoms with van der Waals surface area (Å²) in [6.45, 7) is 6.22. The summed E-state index contributed by atoms with van der Waals surface area (Å²) in [5, 5.41) is 28.3. The number of carbonyl (C=O) groups is 1. The average molecular weight is 356 g/mol. The minimum atomic E-state index is -0.443. The summed E-state index contributed by atoms with van der Waals surface area (Å²) >= 11 is 5.80. The van der Waals surface area contributed by atoms with Gasteiger partial charge in [-0.1, -0.05) is 56.6 Å². The number of halogens is 1. The summed E-state index contributed by atoms with van der Waals surface area (Å²) < 4.78 is 0. The van der Waals surface area contributed by atoms with Gasteiger partial charge in [-0.15, -0.1) is 0 Å². The summed E-state index contributed by atoms with van der Waals surface area (Å²) in [4.78, 5) is 12.5. The highest BCUT2D eigenvalue weighted by Crippen LogP contribution is 2.34. The topological polar surface area (TPSA) is 81.3 Å². The number of allylic oxidation sites excluding steroid dienone is 1. The molecule has 2 rings (SSSR count). The molecule has 5 heteroatoms. The van der Waals surface area contributed by atoms with E-state index in [1.165, 1.54) is 18.2 Å². The van der Waals surface area contributed by atoms with Gasteiger partial charge >= 0.3 is 0 Å². The molecular weight excluding hydrogens is 338 g/mol. The zero-order valence-corrected chi connectivity index (χ0v) is 14.9. The number of benzene rings is 2. The van der Waals surface area contributed by atoms with Crippen molar-refractivity contribution in [2.24, 2.45) is 0 Å². The van der Waals surface area contributed by atoms with Crippen molar-refractivity contribution in [2.75, 3.05) is 0 Å². The molecule has 0 aliphatic carbocycles. The lowest BCUT2D eigenvalue weighted by Gasteiger charge is -2.18. The lowest BCUT2D eigenvalue weighted by atomic mass is 9.86. The number of carbonyl (C=O) groups excluding carboxylic acids is 1. The molecule has 0 unspecified atom stereocenters. The fourth-order valence-electron chi connectivity index (χ4n) is 2.28. The fourth-order valence-corrected chi connectivity index (χ4v) is 2.50. The molecule has 2 aromatic carbocycles. The molecule has 0 saturated carbocycles. The highest BCUT2D eigenvalue weighted by Gasteiger charge is 2.17. The lowest BCUT2D eigenvalue weighted by Crippen LogP contribution is -2.11. The Balaban J connectivity index is 2.38. The van der Waals surface area contributed by atoms with E-state index >= 15 is 0 Å². The van der Waals surface area contributed by atoms with E-state index in [1.54, 1.807) is 12.1 Å². The summed E-state index contributed by atoms with van der Waals surface area (Å²) in [6, 6.07) is 11.6. The van der Waals surface area contributed by atoms with Crippen LogP contribution in [0.2, 0.25) is 5.02 Å². The molecule has 0 atom stereocenters. The van der Waals surface area contributed by atoms with Gasteiger partial charge in [-0.2, -0.15) is 5.26 Å². The molecular formula is C20H18ClNO3. The van der Waals surface area contributed by atoms with Gasteiger partial charge in [-0.25, -0.2) is 0 Å². The molecule has 25 heavy (non-hydrogen) atoms. The average Bonchev–Trinajstić information content (AvgIpc) is 2.56. The first-order valence-corrected chi connectivity index (χ1v) is 8.00. The van der Waals surface area contributed by atoms with Crippen LogP contribution in [0.5, 0.6) is 11.5 Å². The number of rotatable bonds is 3. The summed E-state index contributed by atoms with van der Waals surface area (Å²) in [5.74, 6) is -1.29. The quantitative estimate of drug-likeness (QED) is 0.357. The molecule has 0 spiro atoms. The van der Waals surface area contributed by atoms with Gasteiger partial charge in [0.1, 0.15) is 11.6 Å². The molecule has 0 aliphatic heterocycles. The summed E-state index contributed by atoms with van der Waals surface area (Å²) in [7, 11) is 0. The van der Waals surface area contributed by atoms with Crippen molar-refractivity contribution in [3.05, 3.63) is 63.7 Å². The molecule has 0 heterocycles. The van der Waals surface area contributed by atoms with Crippen molar-refractivity contribution < 1.29 is 15.0 Å². The van der Waals surface area contributed by atoms with E-state index < -0.39 is 17.3 Å². The highest BCUT2D eigenvalue weighted by atomic mass is 35.5. The van der Waals surface area contributed by atoms with Crippen molar-refractivity contribution in [1.29, 1.82) is 5.26 Å². The van der Waals surface area contributed by atoms with Gasteiger partial charge in [-0.05, 0) is 34.8 Å². The number of ketones is 1. The van der Waals surface area contributed by atoms with Gasteiger partial charge in [0.15, 0.2) is 11.5 Å². The second kappa shape index (κ2) is 7.00. The Kier molecular flexibility index (Phi) is 5.20. The predicted octanol–water partition coefficient (Wildman–Crippen LogP) is 4.84. The number of hydrogen-bond donors (Lipinski definition) is 2. The lowest BCUT2D eigenvalue weighted by molar-refractivity contribution is 0.104. The third-order valence-corrected chi connectivity index (χ3v) is 4.04. The minimum absolute atomic E-state index is 0.0320. The van der Waals surface area contributed by atoms with Crippen molar-refractivity contribution in [2.45, 2.75) is 26.2 Å². The van der Waals surface area contributed by atoms with Gasteiger partial charge in [-0.3, -0.25) is 4.79 Å². The molecule has 4 nitrogen and oxygen atoms in total. The van der Waals surface area contributed by atoms with Crippen molar-refractivity contribution in [1.82, 2.24) is 0 Å². The predicted molar refractivity (Wildman–Crippen MR) is 97.8 cm³/mol. The minimum Gasteiger partial charge on any atom is -0.504 e. The molecule has 0 radical (unpaired) electrons. The smallest absolute Gasteiger partial charge is 0.203 e. The van der Waals surface area contributed by atoms with E-state index in [2.05, 4.69) is 20.8 Å². The Morgan fingerprint density at radius 3 is 2.24 bits per heavy atom. The van der Waals surface area contributed by atoms with E-state index in [-0.39, 0.29) is 16.0 Å². The second-order valence-electron chi connectivity index (χ2n) is 6.70. The summed E-state index contributed by atoms with van der Waals surface area (Å²) in [6.07, 6.45) is 1.32. The number of nitrogens with zero attached hydrogens (tertiary/aromatic N) is 1. The molecule has 2 N–H and O–H groups in total. The van der Waals surface area contributed by atoms with Crippen LogP contribution in [0.25, 0.3) is 6.08 Å². The van der Waals surface area contributed by atoms with Crippen LogP contribution < -0.4 is 0 Å². The number of phenolic OH excluding ortho intramolecular Hbond substituents is 2. The molecule has 0 bridgehead atoms. The molecule has 0 aromatic heterocycles. The van der Waals surface area contributed by atoms with E-state index in [0.717, 1.165) is 5.56 Å². The van der Waals surface area contributed by atoms with E-state index in [0.29, 0.717) is 11.1 Å². The third-order valence-electron chi connectivity index (χ3n) is 3.75. The zero-order valence-electron chi connectivity index (χ0n) is 14.2. The Morgan fingerprint density at radius 2 is 1.76 bits per heavy atom. The van der Waals surface area contributed by atoms with Crippen molar-refractivity contribution >= 4 is 23.5 Å². The first kappa shape index (κ1) is 18.6. The number of phenols is 2. The van der Waals surface area contributed by atoms with Crippen LogP contribution in [-0.4, -0.2) is 16.0 Å². The van der Waals surface area contributed by atoms with Crippen LogP contribution in [0.15, 0.2) is 42.0 Å². The van der Waals surface area contributed by atoms with Gasteiger partial charge in [0.05, 0.1) is 5.02 Å². The van der Waals surface area contributed by atoms with E-state index in [1.807, 2.05) is 18.2 Å². The fraction of sp³-hybridized carbons (Fsp3) is 0.200. The van der Waals surface area contributed by atoms with Crippen molar-refractivity contribution in [3.8, 4) is 17.6 Å². The number of nitriles is 1. The van der Waals surface area contributed by atoms with Gasteiger partial charge in [0, 0.05) is 5.56 Å². The van der Waals surface area contributed by atoms with Crippen LogP contribution in [-0.2, 0) is 5.41 Å². The van der Waals surface area contributed by atoms with Crippen LogP contribution in [0, 0.1) is 11.3 Å². The zero-order chi connectivity index (χ0) is 18.8. The Morgan fingerprint density at radius 1 is 1.16 bits per heavy atom. The molecule has 0 aliphatic rings. The summed E-state index contributed by atoms with van der Waals surface area (Å²) in [5.41, 5.74) is 1.70. The van der Waals surface area contributed by atoms with Crippen LogP contribution >= 0.6 is 11.6 Å². The largest absolute Gasteiger partial charge is 0.504 e. The van der Waals surface area contributed by atoms with Gasteiger partial charge in [0.2, 0.25) is 5.78 Å². The molecule has 0 fully saturated rings. The maximum atomic E-state index is 12.5. The Labute approximate surface area is 151 Å². The number of Topliss-reactive ketones (excluding diaryl/α,β-unsaturated/α-hetero) is 1. The van der Waals surface area contributed by atoms with Crippen LogP contribution in [0.1, 0.15) is 42.3 Å². The second-order valence-corrected chi connectivity index (χ2v) is 7.10. The van der Waals surface area contributed by atoms with Crippen LogP contribution in [0.4, 0.5) is 0 Å². The molecule has 2 aromatic rings. The SMILES string of the molecule is CC(C)(C)c1ccc(C(=O)/C(C#N)=C/c2cc(O)c(O)c(Cl)c2)cc1. The van der Waals surface area contributed by atoms with Gasteiger partial charge < -0.3 is 10.2 Å². The van der Waals surface area contributed by atoms with Crippen molar-refractivity contribution in [3.63, 3.8) is 0 Å². The monoisotopic (exact) mass is 355 g/mol. The van der Waals surface area contributed by atoms with Gasteiger partial charge in [0.25, 0.3) is 0 Å². The number of aromatic hydroxyl groups is 2. The molecule has 0 saturated heterocycles. The van der Waals surface area contributed by atoms with Crippen LogP contribution in [0.3, 0.4) is 0 Å². The first-order valence-electron chi connectivity index (χ1n) is 7.62. The number of hydrogen-bond acceptors (Lipinski definition) is 4. The maximum absolute atomic E-state index is 12.5. The standard InChI is InChI=1S/C20H18ClNO3/c1-20(2,3)15-6-4-13(5-7-15)18(24)14(11-22)8-12-9-16(21)19(25)17(23)10-12/h4-10,23,25H,1-3H3/b14-8+. The Hall–Kier alpha value is -2.77. The highest BCUT2D eigenvalue weighted by molar-refractivity contribution is 6.32. The Bertz CT molecular complexity index is 862. The third kappa shape index (κ3) is 4.20. The first-order chi connectivity index (χ1) is 11.6. The van der Waals surface area contributed by atoms with E-state index in [9.17, 15) is 20.3 Å². The van der Waals surface area contributed by atoms with E-state index in [4.69, 9.17) is 11.6 Å². The maximum Gasteiger partial charge on any atom is 0.203 e. The molecule has 0 amide bonds. The normalized spacial score (nSPS) is 11.9.